The highest BCUT2D eigenvalue weighted by Crippen LogP contribution is 2.27. The fraction of sp³-hybridized carbons (Fsp3) is 0.333. The van der Waals surface area contributed by atoms with Gasteiger partial charge < -0.3 is 4.74 Å². The lowest BCUT2D eigenvalue weighted by Gasteiger charge is -2.32. The number of likely N-dealkylation sites (tertiary alicyclic amines) is 1. The van der Waals surface area contributed by atoms with Crippen molar-refractivity contribution in [1.29, 1.82) is 0 Å². The van der Waals surface area contributed by atoms with E-state index in [0.29, 0.717) is 17.8 Å². The first-order valence-electron chi connectivity index (χ1n) is 9.52. The molecule has 1 atom stereocenters. The number of anilines is 2. The van der Waals surface area contributed by atoms with Crippen LogP contribution in [0.4, 0.5) is 11.9 Å². The Hall–Kier alpha value is -3.06. The van der Waals surface area contributed by atoms with Crippen molar-refractivity contribution in [2.45, 2.75) is 25.3 Å². The topological polar surface area (TPSA) is 76.1 Å². The van der Waals surface area contributed by atoms with E-state index in [4.69, 9.17) is 9.72 Å². The van der Waals surface area contributed by atoms with Gasteiger partial charge in [0, 0.05) is 37.6 Å². The Morgan fingerprint density at radius 1 is 1.04 bits per heavy atom. The number of aromatic nitrogens is 4. The molecule has 0 amide bonds. The van der Waals surface area contributed by atoms with E-state index >= 15 is 0 Å². The van der Waals surface area contributed by atoms with Gasteiger partial charge in [-0.15, -0.1) is 0 Å². The first kappa shape index (κ1) is 18.3. The van der Waals surface area contributed by atoms with Crippen LogP contribution in [-0.4, -0.2) is 45.0 Å². The molecule has 2 aromatic heterocycles. The molecular formula is C21H24N6O. The molecule has 7 nitrogen and oxygen atoms in total. The Bertz CT molecular complexity index is 887. The standard InChI is InChI=1S/C21H24N6O/c1-28-18-7-5-16(6-8-18)14-27-13-2-4-17(15-27)19-9-12-24-21(25-19)26-20-22-10-3-11-23-20/h3,5-12,17H,2,4,13-15H2,1H3,(H,22,23,24,25,26)/t17-/m1/s1. The number of hydrogen-bond acceptors (Lipinski definition) is 7. The Labute approximate surface area is 164 Å². The van der Waals surface area contributed by atoms with E-state index in [9.17, 15) is 0 Å². The van der Waals surface area contributed by atoms with Crippen molar-refractivity contribution in [3.63, 3.8) is 0 Å². The molecule has 144 valence electrons. The van der Waals surface area contributed by atoms with Crippen molar-refractivity contribution in [3.05, 3.63) is 66.2 Å². The summed E-state index contributed by atoms with van der Waals surface area (Å²) in [5, 5.41) is 3.08. The summed E-state index contributed by atoms with van der Waals surface area (Å²) in [7, 11) is 1.69. The van der Waals surface area contributed by atoms with Crippen molar-refractivity contribution in [2.24, 2.45) is 0 Å². The van der Waals surface area contributed by atoms with Gasteiger partial charge in [0.15, 0.2) is 0 Å². The predicted octanol–water partition coefficient (Wildman–Crippen LogP) is 3.40. The maximum atomic E-state index is 5.25. The highest BCUT2D eigenvalue weighted by molar-refractivity contribution is 5.41. The molecule has 3 aromatic rings. The van der Waals surface area contributed by atoms with Crippen LogP contribution in [0, 0.1) is 0 Å². The normalized spacial score (nSPS) is 17.2. The number of benzene rings is 1. The number of nitrogens with zero attached hydrogens (tertiary/aromatic N) is 5. The molecule has 0 aliphatic carbocycles. The highest BCUT2D eigenvalue weighted by atomic mass is 16.5. The molecule has 3 heterocycles. The van der Waals surface area contributed by atoms with Gasteiger partial charge in [0.25, 0.3) is 0 Å². The van der Waals surface area contributed by atoms with E-state index in [2.05, 4.69) is 37.3 Å². The van der Waals surface area contributed by atoms with Crippen LogP contribution in [0.25, 0.3) is 0 Å². The second kappa shape index (κ2) is 8.75. The number of ether oxygens (including phenoxy) is 1. The summed E-state index contributed by atoms with van der Waals surface area (Å²) in [5.74, 6) is 2.33. The van der Waals surface area contributed by atoms with E-state index in [1.165, 1.54) is 5.56 Å². The molecule has 7 heteroatoms. The van der Waals surface area contributed by atoms with Crippen molar-refractivity contribution >= 4 is 11.9 Å². The fourth-order valence-corrected chi connectivity index (χ4v) is 3.55. The van der Waals surface area contributed by atoms with Gasteiger partial charge in [0.1, 0.15) is 5.75 Å². The third-order valence-corrected chi connectivity index (χ3v) is 4.96. The van der Waals surface area contributed by atoms with Crippen LogP contribution in [0.3, 0.4) is 0 Å². The Kier molecular flexibility index (Phi) is 5.72. The van der Waals surface area contributed by atoms with Gasteiger partial charge in [0.2, 0.25) is 11.9 Å². The second-order valence-electron chi connectivity index (χ2n) is 6.92. The van der Waals surface area contributed by atoms with Crippen LogP contribution in [0.15, 0.2) is 55.0 Å². The van der Waals surface area contributed by atoms with E-state index in [-0.39, 0.29) is 0 Å². The fourth-order valence-electron chi connectivity index (χ4n) is 3.55. The monoisotopic (exact) mass is 376 g/mol. The third kappa shape index (κ3) is 4.61. The number of nitrogens with one attached hydrogen (secondary N) is 1. The molecule has 0 unspecified atom stereocenters. The first-order chi connectivity index (χ1) is 13.8. The molecule has 1 aromatic carbocycles. The molecule has 1 saturated heterocycles. The molecule has 0 radical (unpaired) electrons. The lowest BCUT2D eigenvalue weighted by Crippen LogP contribution is -2.34. The second-order valence-corrected chi connectivity index (χ2v) is 6.92. The van der Waals surface area contributed by atoms with Gasteiger partial charge >= 0.3 is 0 Å². The minimum Gasteiger partial charge on any atom is -0.497 e. The van der Waals surface area contributed by atoms with Crippen molar-refractivity contribution in [2.75, 3.05) is 25.5 Å². The summed E-state index contributed by atoms with van der Waals surface area (Å²) in [4.78, 5) is 19.8. The zero-order chi connectivity index (χ0) is 19.2. The van der Waals surface area contributed by atoms with Gasteiger partial charge in [-0.2, -0.15) is 0 Å². The molecule has 0 saturated carbocycles. The number of methoxy groups -OCH3 is 1. The Morgan fingerprint density at radius 2 is 1.82 bits per heavy atom. The molecule has 28 heavy (non-hydrogen) atoms. The van der Waals surface area contributed by atoms with Gasteiger partial charge in [-0.25, -0.2) is 19.9 Å². The van der Waals surface area contributed by atoms with Crippen molar-refractivity contribution in [1.82, 2.24) is 24.8 Å². The van der Waals surface area contributed by atoms with Crippen molar-refractivity contribution < 1.29 is 4.74 Å². The molecule has 0 bridgehead atoms. The van der Waals surface area contributed by atoms with E-state index in [1.807, 2.05) is 18.2 Å². The third-order valence-electron chi connectivity index (χ3n) is 4.96. The molecule has 4 rings (SSSR count). The largest absolute Gasteiger partial charge is 0.497 e. The summed E-state index contributed by atoms with van der Waals surface area (Å²) in [5.41, 5.74) is 2.36. The van der Waals surface area contributed by atoms with Crippen LogP contribution in [-0.2, 0) is 6.54 Å². The summed E-state index contributed by atoms with van der Waals surface area (Å²) >= 11 is 0. The van der Waals surface area contributed by atoms with Gasteiger partial charge in [-0.05, 0) is 49.2 Å². The Morgan fingerprint density at radius 3 is 2.61 bits per heavy atom. The predicted molar refractivity (Wildman–Crippen MR) is 108 cm³/mol. The maximum absolute atomic E-state index is 5.25. The van der Waals surface area contributed by atoms with E-state index in [0.717, 1.165) is 43.9 Å². The van der Waals surface area contributed by atoms with Gasteiger partial charge in [0.05, 0.1) is 12.8 Å². The van der Waals surface area contributed by atoms with Crippen LogP contribution >= 0.6 is 0 Å². The molecule has 1 aliphatic rings. The van der Waals surface area contributed by atoms with Gasteiger partial charge in [-0.1, -0.05) is 12.1 Å². The lowest BCUT2D eigenvalue weighted by atomic mass is 9.94. The SMILES string of the molecule is COc1ccc(CN2CCC[C@@H](c3ccnc(Nc4ncccn4)n3)C2)cc1. The summed E-state index contributed by atoms with van der Waals surface area (Å²) in [6, 6.07) is 12.1. The van der Waals surface area contributed by atoms with Crippen LogP contribution in [0.1, 0.15) is 30.0 Å². The molecule has 1 N–H and O–H groups in total. The highest BCUT2D eigenvalue weighted by Gasteiger charge is 2.23. The van der Waals surface area contributed by atoms with E-state index < -0.39 is 0 Å². The minimum atomic E-state index is 0.396. The van der Waals surface area contributed by atoms with Crippen LogP contribution in [0.5, 0.6) is 5.75 Å². The van der Waals surface area contributed by atoms with E-state index in [1.54, 1.807) is 31.8 Å². The number of piperidine rings is 1. The minimum absolute atomic E-state index is 0.396. The maximum Gasteiger partial charge on any atom is 0.229 e. The summed E-state index contributed by atoms with van der Waals surface area (Å²) in [6.45, 7) is 3.04. The quantitative estimate of drug-likeness (QED) is 0.706. The molecular weight excluding hydrogens is 352 g/mol. The van der Waals surface area contributed by atoms with Crippen LogP contribution in [0.2, 0.25) is 0 Å². The molecule has 0 spiro atoms. The smallest absolute Gasteiger partial charge is 0.229 e. The first-order valence-corrected chi connectivity index (χ1v) is 9.52. The molecule has 1 fully saturated rings. The van der Waals surface area contributed by atoms with Gasteiger partial charge in [-0.3, -0.25) is 10.2 Å². The summed E-state index contributed by atoms with van der Waals surface area (Å²) in [6.07, 6.45) is 7.48. The number of hydrogen-bond donors (Lipinski definition) is 1. The molecule has 1 aliphatic heterocycles. The summed E-state index contributed by atoms with van der Waals surface area (Å²) < 4.78 is 5.25. The number of rotatable bonds is 6. The Balaban J connectivity index is 1.41. The zero-order valence-corrected chi connectivity index (χ0v) is 16.0. The average Bonchev–Trinajstić information content (AvgIpc) is 2.75. The van der Waals surface area contributed by atoms with Crippen LogP contribution < -0.4 is 10.1 Å². The lowest BCUT2D eigenvalue weighted by molar-refractivity contribution is 0.198. The van der Waals surface area contributed by atoms with Crippen molar-refractivity contribution in [3.8, 4) is 5.75 Å². The average molecular weight is 376 g/mol. The zero-order valence-electron chi connectivity index (χ0n) is 16.0.